The highest BCUT2D eigenvalue weighted by Gasteiger charge is 2.40. The summed E-state index contributed by atoms with van der Waals surface area (Å²) < 4.78 is 11.3. The smallest absolute Gasteiger partial charge is 0.230 e. The van der Waals surface area contributed by atoms with Crippen LogP contribution in [-0.2, 0) is 4.74 Å². The molecule has 0 spiro atoms. The first-order valence-electron chi connectivity index (χ1n) is 6.87. The van der Waals surface area contributed by atoms with Crippen LogP contribution < -0.4 is 0 Å². The quantitative estimate of drug-likeness (QED) is 0.847. The summed E-state index contributed by atoms with van der Waals surface area (Å²) in [5.41, 5.74) is 0.104. The summed E-state index contributed by atoms with van der Waals surface area (Å²) in [6.07, 6.45) is 3.25. The van der Waals surface area contributed by atoms with Crippen molar-refractivity contribution in [2.24, 2.45) is 5.41 Å². The highest BCUT2D eigenvalue weighted by molar-refractivity contribution is 7.98. The zero-order valence-electron chi connectivity index (χ0n) is 12.5. The van der Waals surface area contributed by atoms with Crippen molar-refractivity contribution in [1.29, 1.82) is 0 Å². The monoisotopic (exact) mass is 284 g/mol. The molecule has 1 aromatic rings. The summed E-state index contributed by atoms with van der Waals surface area (Å²) >= 11 is 1.80. The SMILES string of the molecule is CSC[C@H](C)c1nc([C@H]2CCO[C@@H]2C(C)(C)C)no1. The number of hydrogen-bond acceptors (Lipinski definition) is 5. The second-order valence-electron chi connectivity index (χ2n) is 6.40. The van der Waals surface area contributed by atoms with Gasteiger partial charge >= 0.3 is 0 Å². The topological polar surface area (TPSA) is 48.2 Å². The van der Waals surface area contributed by atoms with Gasteiger partial charge in [-0.05, 0) is 18.1 Å². The van der Waals surface area contributed by atoms with Gasteiger partial charge in [-0.2, -0.15) is 16.7 Å². The fraction of sp³-hybridized carbons (Fsp3) is 0.857. The summed E-state index contributed by atoms with van der Waals surface area (Å²) in [5.74, 6) is 3.15. The zero-order chi connectivity index (χ0) is 14.0. The average Bonchev–Trinajstić information content (AvgIpc) is 2.97. The van der Waals surface area contributed by atoms with Crippen LogP contribution in [0.4, 0.5) is 0 Å². The van der Waals surface area contributed by atoms with Gasteiger partial charge in [-0.1, -0.05) is 32.9 Å². The lowest BCUT2D eigenvalue weighted by Crippen LogP contribution is -2.30. The third-order valence-corrected chi connectivity index (χ3v) is 4.41. The molecular weight excluding hydrogens is 260 g/mol. The van der Waals surface area contributed by atoms with E-state index < -0.39 is 0 Å². The van der Waals surface area contributed by atoms with E-state index in [9.17, 15) is 0 Å². The largest absolute Gasteiger partial charge is 0.377 e. The van der Waals surface area contributed by atoms with Gasteiger partial charge in [-0.25, -0.2) is 0 Å². The lowest BCUT2D eigenvalue weighted by molar-refractivity contribution is 0.0193. The fourth-order valence-electron chi connectivity index (χ4n) is 2.63. The summed E-state index contributed by atoms with van der Waals surface area (Å²) in [6.45, 7) is 9.52. The van der Waals surface area contributed by atoms with Gasteiger partial charge in [0.05, 0.1) is 12.0 Å². The predicted octanol–water partition coefficient (Wildman–Crippen LogP) is 3.45. The van der Waals surface area contributed by atoms with E-state index in [0.717, 1.165) is 30.5 Å². The Morgan fingerprint density at radius 2 is 2.16 bits per heavy atom. The molecule has 5 heteroatoms. The first-order chi connectivity index (χ1) is 8.93. The van der Waals surface area contributed by atoms with Crippen LogP contribution in [0.5, 0.6) is 0 Å². The van der Waals surface area contributed by atoms with Crippen LogP contribution >= 0.6 is 11.8 Å². The molecule has 2 rings (SSSR count). The van der Waals surface area contributed by atoms with E-state index in [1.165, 1.54) is 0 Å². The first-order valence-corrected chi connectivity index (χ1v) is 8.27. The number of rotatable bonds is 4. The van der Waals surface area contributed by atoms with Crippen LogP contribution in [0, 0.1) is 5.41 Å². The Labute approximate surface area is 119 Å². The molecule has 108 valence electrons. The van der Waals surface area contributed by atoms with Crippen molar-refractivity contribution < 1.29 is 9.26 Å². The van der Waals surface area contributed by atoms with E-state index in [4.69, 9.17) is 9.26 Å². The molecule has 0 saturated carbocycles. The Balaban J connectivity index is 2.14. The van der Waals surface area contributed by atoms with E-state index in [1.54, 1.807) is 11.8 Å². The molecular formula is C14H24N2O2S. The minimum Gasteiger partial charge on any atom is -0.377 e. The molecule has 3 atom stereocenters. The van der Waals surface area contributed by atoms with Crippen molar-refractivity contribution in [2.75, 3.05) is 18.6 Å². The molecule has 0 N–H and O–H groups in total. The van der Waals surface area contributed by atoms with E-state index in [2.05, 4.69) is 44.1 Å². The highest BCUT2D eigenvalue weighted by Crippen LogP contribution is 2.40. The Morgan fingerprint density at radius 1 is 1.42 bits per heavy atom. The molecule has 19 heavy (non-hydrogen) atoms. The van der Waals surface area contributed by atoms with Crippen molar-refractivity contribution in [2.45, 2.75) is 52.1 Å². The zero-order valence-corrected chi connectivity index (χ0v) is 13.3. The molecule has 0 unspecified atom stereocenters. The Morgan fingerprint density at radius 3 is 2.79 bits per heavy atom. The average molecular weight is 284 g/mol. The standard InChI is InChI=1S/C14H24N2O2S/c1-9(8-19-5)13-15-12(16-18-13)10-6-7-17-11(10)14(2,3)4/h9-11H,6-8H2,1-5H3/t9-,10-,11-/m0/s1. The van der Waals surface area contributed by atoms with Gasteiger partial charge in [0, 0.05) is 18.3 Å². The summed E-state index contributed by atoms with van der Waals surface area (Å²) in [4.78, 5) is 4.60. The third kappa shape index (κ3) is 3.31. The van der Waals surface area contributed by atoms with Crippen LogP contribution in [0.3, 0.4) is 0 Å². The van der Waals surface area contributed by atoms with Gasteiger partial charge in [0.25, 0.3) is 0 Å². The van der Waals surface area contributed by atoms with Crippen molar-refractivity contribution in [3.63, 3.8) is 0 Å². The number of thioether (sulfide) groups is 1. The van der Waals surface area contributed by atoms with Gasteiger partial charge < -0.3 is 9.26 Å². The molecule has 1 aliphatic rings. The summed E-state index contributed by atoms with van der Waals surface area (Å²) in [7, 11) is 0. The van der Waals surface area contributed by atoms with E-state index >= 15 is 0 Å². The minimum atomic E-state index is 0.104. The second-order valence-corrected chi connectivity index (χ2v) is 7.31. The normalized spacial score (nSPS) is 25.7. The number of aromatic nitrogens is 2. The number of nitrogens with zero attached hydrogens (tertiary/aromatic N) is 2. The van der Waals surface area contributed by atoms with Crippen molar-refractivity contribution in [3.8, 4) is 0 Å². The van der Waals surface area contributed by atoms with E-state index in [1.807, 2.05) is 0 Å². The van der Waals surface area contributed by atoms with Crippen LogP contribution in [0.1, 0.15) is 57.7 Å². The molecule has 0 radical (unpaired) electrons. The molecule has 0 aromatic carbocycles. The molecule has 1 aromatic heterocycles. The van der Waals surface area contributed by atoms with E-state index in [0.29, 0.717) is 5.92 Å². The maximum Gasteiger partial charge on any atom is 0.230 e. The van der Waals surface area contributed by atoms with Gasteiger partial charge in [-0.15, -0.1) is 0 Å². The highest BCUT2D eigenvalue weighted by atomic mass is 32.2. The molecule has 0 aliphatic carbocycles. The Hall–Kier alpha value is -0.550. The molecule has 0 bridgehead atoms. The molecule has 2 heterocycles. The van der Waals surface area contributed by atoms with Crippen molar-refractivity contribution in [3.05, 3.63) is 11.7 Å². The molecule has 4 nitrogen and oxygen atoms in total. The van der Waals surface area contributed by atoms with E-state index in [-0.39, 0.29) is 17.4 Å². The molecule has 1 aliphatic heterocycles. The summed E-state index contributed by atoms with van der Waals surface area (Å²) in [6, 6.07) is 0. The van der Waals surface area contributed by atoms with Crippen LogP contribution in [-0.4, -0.2) is 34.9 Å². The third-order valence-electron chi connectivity index (χ3n) is 3.57. The maximum atomic E-state index is 5.88. The van der Waals surface area contributed by atoms with Crippen molar-refractivity contribution in [1.82, 2.24) is 10.1 Å². The number of hydrogen-bond donors (Lipinski definition) is 0. The lowest BCUT2D eigenvalue weighted by Gasteiger charge is -2.29. The molecule has 1 fully saturated rings. The van der Waals surface area contributed by atoms with Crippen LogP contribution in [0.25, 0.3) is 0 Å². The van der Waals surface area contributed by atoms with Gasteiger partial charge in [-0.3, -0.25) is 0 Å². The minimum absolute atomic E-state index is 0.104. The predicted molar refractivity (Wildman–Crippen MR) is 77.6 cm³/mol. The van der Waals surface area contributed by atoms with Crippen LogP contribution in [0.2, 0.25) is 0 Å². The second kappa shape index (κ2) is 5.83. The Bertz CT molecular complexity index is 414. The van der Waals surface area contributed by atoms with Crippen molar-refractivity contribution >= 4 is 11.8 Å². The Kier molecular flexibility index (Phi) is 4.56. The fourth-order valence-corrected chi connectivity index (χ4v) is 3.27. The molecule has 0 amide bonds. The first kappa shape index (κ1) is 14.9. The van der Waals surface area contributed by atoms with Crippen LogP contribution in [0.15, 0.2) is 4.52 Å². The van der Waals surface area contributed by atoms with Gasteiger partial charge in [0.2, 0.25) is 5.89 Å². The lowest BCUT2D eigenvalue weighted by atomic mass is 9.81. The van der Waals surface area contributed by atoms with Gasteiger partial charge in [0.1, 0.15) is 0 Å². The molecule has 1 saturated heterocycles. The maximum absolute atomic E-state index is 5.88. The summed E-state index contributed by atoms with van der Waals surface area (Å²) in [5, 5.41) is 4.19. The van der Waals surface area contributed by atoms with Gasteiger partial charge in [0.15, 0.2) is 5.82 Å². The number of ether oxygens (including phenoxy) is 1.